The largest absolute Gasteiger partial charge is 0.493 e. The second-order valence-corrected chi connectivity index (χ2v) is 5.90. The Morgan fingerprint density at radius 2 is 1.87 bits per heavy atom. The molecule has 0 heterocycles. The Morgan fingerprint density at radius 1 is 1.13 bits per heavy atom. The molecular weight excluding hydrogens is 409 g/mol. The third-order valence-corrected chi connectivity index (χ3v) is 4.02. The van der Waals surface area contributed by atoms with E-state index in [1.807, 2.05) is 24.3 Å². The molecule has 0 aromatic heterocycles. The minimum absolute atomic E-state index is 0.0637. The van der Waals surface area contributed by atoms with Gasteiger partial charge in [0.1, 0.15) is 0 Å². The molecule has 2 rings (SSSR count). The molecule has 0 fully saturated rings. The summed E-state index contributed by atoms with van der Waals surface area (Å²) in [5, 5.41) is 2.78. The highest BCUT2D eigenvalue weighted by atomic mass is 127. The lowest BCUT2D eigenvalue weighted by Crippen LogP contribution is -2.20. The van der Waals surface area contributed by atoms with Gasteiger partial charge in [-0.15, -0.1) is 0 Å². The topological polar surface area (TPSA) is 64.6 Å². The van der Waals surface area contributed by atoms with Crippen LogP contribution in [0.3, 0.4) is 0 Å². The first-order valence-corrected chi connectivity index (χ1v) is 7.95. The molecule has 0 aliphatic heterocycles. The van der Waals surface area contributed by atoms with Crippen molar-refractivity contribution in [2.75, 3.05) is 19.0 Å². The minimum Gasteiger partial charge on any atom is -0.493 e. The zero-order valence-electron chi connectivity index (χ0n) is 12.8. The molecule has 1 amide bonds. The van der Waals surface area contributed by atoms with Crippen LogP contribution in [0.1, 0.15) is 17.3 Å². The number of hydrogen-bond acceptors (Lipinski definition) is 4. The summed E-state index contributed by atoms with van der Waals surface area (Å²) in [5.41, 5.74) is 1.26. The van der Waals surface area contributed by atoms with E-state index in [1.165, 1.54) is 14.0 Å². The summed E-state index contributed by atoms with van der Waals surface area (Å²) >= 11 is 2.15. The van der Waals surface area contributed by atoms with Crippen LogP contribution in [-0.2, 0) is 4.79 Å². The van der Waals surface area contributed by atoms with E-state index in [1.54, 1.807) is 18.2 Å². The van der Waals surface area contributed by atoms with E-state index in [0.29, 0.717) is 17.1 Å². The molecule has 23 heavy (non-hydrogen) atoms. The molecule has 0 unspecified atom stereocenters. The average molecular weight is 425 g/mol. The summed E-state index contributed by atoms with van der Waals surface area (Å²) in [7, 11) is 1.48. The van der Waals surface area contributed by atoms with E-state index >= 15 is 0 Å². The zero-order valence-corrected chi connectivity index (χ0v) is 14.9. The Labute approximate surface area is 148 Å². The van der Waals surface area contributed by atoms with Crippen LogP contribution >= 0.6 is 22.6 Å². The maximum atomic E-state index is 12.0. The van der Waals surface area contributed by atoms with Crippen molar-refractivity contribution >= 4 is 40.0 Å². The Kier molecular flexibility index (Phi) is 5.97. The molecule has 2 aromatic carbocycles. The van der Waals surface area contributed by atoms with Gasteiger partial charge in [-0.05, 0) is 59.8 Å². The molecular formula is C17H16INO4. The fraction of sp³-hybridized carbons (Fsp3) is 0.176. The molecule has 0 atom stereocenters. The number of carbonyl (C=O) groups is 2. The van der Waals surface area contributed by atoms with Gasteiger partial charge in [0, 0.05) is 9.13 Å². The molecule has 0 saturated carbocycles. The highest BCUT2D eigenvalue weighted by molar-refractivity contribution is 14.1. The van der Waals surface area contributed by atoms with Gasteiger partial charge < -0.3 is 14.8 Å². The number of anilines is 1. The molecule has 5 nitrogen and oxygen atoms in total. The number of para-hydroxylation sites is 1. The molecule has 2 aromatic rings. The quantitative estimate of drug-likeness (QED) is 0.569. The van der Waals surface area contributed by atoms with Crippen LogP contribution in [0.15, 0.2) is 42.5 Å². The summed E-state index contributed by atoms with van der Waals surface area (Å²) in [6.45, 7) is 1.32. The summed E-state index contributed by atoms with van der Waals surface area (Å²) in [6.07, 6.45) is 0. The molecule has 6 heteroatoms. The molecule has 120 valence electrons. The number of ketones is 1. The number of hydrogen-bond donors (Lipinski definition) is 1. The normalized spacial score (nSPS) is 10.0. The third kappa shape index (κ3) is 4.69. The second-order valence-electron chi connectivity index (χ2n) is 4.74. The van der Waals surface area contributed by atoms with Crippen LogP contribution in [0, 0.1) is 3.57 Å². The Morgan fingerprint density at radius 3 is 2.52 bits per heavy atom. The van der Waals surface area contributed by atoms with Crippen LogP contribution in [0.2, 0.25) is 0 Å². The second kappa shape index (κ2) is 7.96. The number of ether oxygens (including phenoxy) is 2. The molecule has 0 saturated heterocycles. The van der Waals surface area contributed by atoms with E-state index in [0.717, 1.165) is 9.26 Å². The number of halogens is 1. The summed E-state index contributed by atoms with van der Waals surface area (Å²) in [4.78, 5) is 23.3. The Balaban J connectivity index is 2.01. The van der Waals surface area contributed by atoms with Crippen molar-refractivity contribution < 1.29 is 19.1 Å². The van der Waals surface area contributed by atoms with Gasteiger partial charge in [-0.3, -0.25) is 9.59 Å². The lowest BCUT2D eigenvalue weighted by atomic mass is 10.1. The SMILES string of the molecule is COc1cc(C(C)=O)ccc1OCC(=O)Nc1ccccc1I. The smallest absolute Gasteiger partial charge is 0.262 e. The lowest BCUT2D eigenvalue weighted by Gasteiger charge is -2.12. The first-order valence-electron chi connectivity index (χ1n) is 6.87. The van der Waals surface area contributed by atoms with Crippen molar-refractivity contribution in [2.24, 2.45) is 0 Å². The van der Waals surface area contributed by atoms with E-state index in [-0.39, 0.29) is 18.3 Å². The molecule has 0 spiro atoms. The summed E-state index contributed by atoms with van der Waals surface area (Å²) in [5.74, 6) is 0.494. The highest BCUT2D eigenvalue weighted by Crippen LogP contribution is 2.28. The van der Waals surface area contributed by atoms with Crippen LogP contribution < -0.4 is 14.8 Å². The van der Waals surface area contributed by atoms with E-state index in [4.69, 9.17) is 9.47 Å². The van der Waals surface area contributed by atoms with Crippen LogP contribution in [0.25, 0.3) is 0 Å². The van der Waals surface area contributed by atoms with Crippen LogP contribution in [-0.4, -0.2) is 25.4 Å². The van der Waals surface area contributed by atoms with Gasteiger partial charge in [-0.2, -0.15) is 0 Å². The van der Waals surface area contributed by atoms with Crippen molar-refractivity contribution in [3.8, 4) is 11.5 Å². The average Bonchev–Trinajstić information content (AvgIpc) is 2.54. The number of amides is 1. The predicted molar refractivity (Wildman–Crippen MR) is 96.3 cm³/mol. The molecule has 1 N–H and O–H groups in total. The zero-order chi connectivity index (χ0) is 16.8. The number of rotatable bonds is 6. The predicted octanol–water partition coefficient (Wildman–Crippen LogP) is 3.52. The van der Waals surface area contributed by atoms with E-state index in [2.05, 4.69) is 27.9 Å². The van der Waals surface area contributed by atoms with E-state index < -0.39 is 0 Å². The number of carbonyl (C=O) groups excluding carboxylic acids is 2. The number of Topliss-reactive ketones (excluding diaryl/α,β-unsaturated/α-hetero) is 1. The fourth-order valence-electron chi connectivity index (χ4n) is 1.90. The third-order valence-electron chi connectivity index (χ3n) is 3.08. The van der Waals surface area contributed by atoms with Gasteiger partial charge >= 0.3 is 0 Å². The van der Waals surface area contributed by atoms with Gasteiger partial charge in [-0.1, -0.05) is 12.1 Å². The van der Waals surface area contributed by atoms with Crippen LogP contribution in [0.5, 0.6) is 11.5 Å². The number of benzene rings is 2. The molecule has 0 aliphatic rings. The van der Waals surface area contributed by atoms with Crippen molar-refractivity contribution in [3.05, 3.63) is 51.6 Å². The standard InChI is InChI=1S/C17H16INO4/c1-11(20)12-7-8-15(16(9-12)22-2)23-10-17(21)19-14-6-4-3-5-13(14)18/h3-9H,10H2,1-2H3,(H,19,21). The molecule has 0 bridgehead atoms. The van der Waals surface area contributed by atoms with Crippen molar-refractivity contribution in [3.63, 3.8) is 0 Å². The van der Waals surface area contributed by atoms with Crippen molar-refractivity contribution in [1.29, 1.82) is 0 Å². The lowest BCUT2D eigenvalue weighted by molar-refractivity contribution is -0.118. The van der Waals surface area contributed by atoms with Crippen molar-refractivity contribution in [2.45, 2.75) is 6.92 Å². The molecule has 0 aliphatic carbocycles. The first kappa shape index (κ1) is 17.3. The number of nitrogens with one attached hydrogen (secondary N) is 1. The summed E-state index contributed by atoms with van der Waals surface area (Å²) in [6, 6.07) is 12.3. The maximum Gasteiger partial charge on any atom is 0.262 e. The van der Waals surface area contributed by atoms with Gasteiger partial charge in [-0.25, -0.2) is 0 Å². The van der Waals surface area contributed by atoms with Crippen LogP contribution in [0.4, 0.5) is 5.69 Å². The highest BCUT2D eigenvalue weighted by Gasteiger charge is 2.11. The Hall–Kier alpha value is -2.09. The number of methoxy groups -OCH3 is 1. The van der Waals surface area contributed by atoms with E-state index in [9.17, 15) is 9.59 Å². The van der Waals surface area contributed by atoms with Gasteiger partial charge in [0.05, 0.1) is 12.8 Å². The fourth-order valence-corrected chi connectivity index (χ4v) is 2.42. The van der Waals surface area contributed by atoms with Gasteiger partial charge in [0.2, 0.25) is 0 Å². The molecule has 0 radical (unpaired) electrons. The van der Waals surface area contributed by atoms with Gasteiger partial charge in [0.25, 0.3) is 5.91 Å². The minimum atomic E-state index is -0.271. The maximum absolute atomic E-state index is 12.0. The first-order chi connectivity index (χ1) is 11.0. The Bertz CT molecular complexity index is 730. The van der Waals surface area contributed by atoms with Crippen molar-refractivity contribution in [1.82, 2.24) is 0 Å². The van der Waals surface area contributed by atoms with Gasteiger partial charge in [0.15, 0.2) is 23.9 Å². The monoisotopic (exact) mass is 425 g/mol. The summed E-state index contributed by atoms with van der Waals surface area (Å²) < 4.78 is 11.6.